The highest BCUT2D eigenvalue weighted by Gasteiger charge is 2.20. The smallest absolute Gasteiger partial charge is 0.127 e. The van der Waals surface area contributed by atoms with Crippen molar-refractivity contribution in [3.8, 4) is 11.5 Å². The maximum atomic E-state index is 6.67. The largest absolute Gasteiger partial charge is 0.496 e. The van der Waals surface area contributed by atoms with E-state index in [0.29, 0.717) is 0 Å². The molecule has 0 bridgehead atoms. The van der Waals surface area contributed by atoms with E-state index < -0.39 is 0 Å². The van der Waals surface area contributed by atoms with Gasteiger partial charge in [0.1, 0.15) is 11.5 Å². The molecule has 0 N–H and O–H groups in total. The van der Waals surface area contributed by atoms with Gasteiger partial charge in [-0.05, 0) is 29.7 Å². The van der Waals surface area contributed by atoms with Crippen LogP contribution in [0.5, 0.6) is 11.5 Å². The van der Waals surface area contributed by atoms with E-state index in [1.165, 1.54) is 5.56 Å². The second-order valence-corrected chi connectivity index (χ2v) is 5.37. The van der Waals surface area contributed by atoms with Crippen molar-refractivity contribution in [1.29, 1.82) is 0 Å². The summed E-state index contributed by atoms with van der Waals surface area (Å²) < 4.78 is 10.9. The molecule has 2 rings (SSSR count). The predicted octanol–water partition coefficient (Wildman–Crippen LogP) is 4.98. The van der Waals surface area contributed by atoms with Crippen molar-refractivity contribution in [2.24, 2.45) is 0 Å². The van der Waals surface area contributed by atoms with Crippen LogP contribution in [0.1, 0.15) is 35.4 Å². The summed E-state index contributed by atoms with van der Waals surface area (Å²) in [5.74, 6) is 1.49. The van der Waals surface area contributed by atoms with Crippen molar-refractivity contribution in [2.45, 2.75) is 25.1 Å². The van der Waals surface area contributed by atoms with Gasteiger partial charge in [0, 0.05) is 0 Å². The summed E-state index contributed by atoms with van der Waals surface area (Å²) in [6.45, 7) is 2.18. The van der Waals surface area contributed by atoms with E-state index in [-0.39, 0.29) is 5.38 Å². The molecule has 0 aliphatic rings. The molecule has 1 unspecified atom stereocenters. The number of hydrogen-bond acceptors (Lipinski definition) is 2. The number of hydrogen-bond donors (Lipinski definition) is 0. The Labute approximate surface area is 131 Å². The standard InChI is InChI=1S/C18H21ClO2/c1-4-6-13-9-11-14(12-10-13)18(19)17-15(20-2)7-5-8-16(17)21-3/h5,7-12,18H,4,6H2,1-3H3. The highest BCUT2D eigenvalue weighted by molar-refractivity contribution is 6.23. The molecule has 0 heterocycles. The Morgan fingerprint density at radius 2 is 1.52 bits per heavy atom. The molecule has 0 aliphatic carbocycles. The molecule has 2 aromatic rings. The quantitative estimate of drug-likeness (QED) is 0.700. The maximum absolute atomic E-state index is 6.67. The topological polar surface area (TPSA) is 18.5 Å². The Kier molecular flexibility index (Phi) is 5.51. The third kappa shape index (κ3) is 3.51. The zero-order valence-corrected chi connectivity index (χ0v) is 13.5. The van der Waals surface area contributed by atoms with Gasteiger partial charge in [-0.1, -0.05) is 43.7 Å². The Bertz CT molecular complexity index is 556. The van der Waals surface area contributed by atoms with Crippen LogP contribution >= 0.6 is 11.6 Å². The van der Waals surface area contributed by atoms with E-state index in [1.54, 1.807) is 14.2 Å². The van der Waals surface area contributed by atoms with E-state index in [0.717, 1.165) is 35.5 Å². The molecule has 3 heteroatoms. The van der Waals surface area contributed by atoms with Crippen molar-refractivity contribution in [3.05, 3.63) is 59.2 Å². The third-order valence-electron chi connectivity index (χ3n) is 3.53. The van der Waals surface area contributed by atoms with Crippen molar-refractivity contribution >= 4 is 11.6 Å². The van der Waals surface area contributed by atoms with Gasteiger partial charge in [0.25, 0.3) is 0 Å². The lowest BCUT2D eigenvalue weighted by Crippen LogP contribution is -2.01. The predicted molar refractivity (Wildman–Crippen MR) is 87.7 cm³/mol. The fourth-order valence-electron chi connectivity index (χ4n) is 2.44. The summed E-state index contributed by atoms with van der Waals surface area (Å²) in [7, 11) is 3.29. The number of methoxy groups -OCH3 is 2. The zero-order valence-electron chi connectivity index (χ0n) is 12.7. The van der Waals surface area contributed by atoms with Crippen LogP contribution in [0.3, 0.4) is 0 Å². The molecule has 21 heavy (non-hydrogen) atoms. The van der Waals surface area contributed by atoms with Gasteiger partial charge in [0.2, 0.25) is 0 Å². The Hall–Kier alpha value is -1.67. The Morgan fingerprint density at radius 3 is 2.00 bits per heavy atom. The lowest BCUT2D eigenvalue weighted by atomic mass is 10.00. The van der Waals surface area contributed by atoms with Crippen LogP contribution in [0, 0.1) is 0 Å². The third-order valence-corrected chi connectivity index (χ3v) is 4.00. The van der Waals surface area contributed by atoms with E-state index >= 15 is 0 Å². The first kappa shape index (κ1) is 15.7. The lowest BCUT2D eigenvalue weighted by molar-refractivity contribution is 0.386. The van der Waals surface area contributed by atoms with E-state index in [4.69, 9.17) is 21.1 Å². The van der Waals surface area contributed by atoms with Gasteiger partial charge >= 0.3 is 0 Å². The normalized spacial score (nSPS) is 12.0. The van der Waals surface area contributed by atoms with Gasteiger partial charge in [-0.15, -0.1) is 11.6 Å². The molecule has 2 aromatic carbocycles. The SMILES string of the molecule is CCCc1ccc(C(Cl)c2c(OC)cccc2OC)cc1. The summed E-state index contributed by atoms with van der Waals surface area (Å²) in [5, 5.41) is -0.299. The average molecular weight is 305 g/mol. The number of ether oxygens (including phenoxy) is 2. The highest BCUT2D eigenvalue weighted by atomic mass is 35.5. The van der Waals surface area contributed by atoms with Crippen molar-refractivity contribution < 1.29 is 9.47 Å². The van der Waals surface area contributed by atoms with Gasteiger partial charge in [0.15, 0.2) is 0 Å². The van der Waals surface area contributed by atoms with E-state index in [1.807, 2.05) is 18.2 Å². The number of benzene rings is 2. The molecule has 2 nitrogen and oxygen atoms in total. The summed E-state index contributed by atoms with van der Waals surface area (Å²) in [4.78, 5) is 0. The molecule has 0 saturated heterocycles. The van der Waals surface area contributed by atoms with E-state index in [2.05, 4.69) is 31.2 Å². The van der Waals surface area contributed by atoms with Crippen LogP contribution in [0.25, 0.3) is 0 Å². The van der Waals surface area contributed by atoms with Crippen LogP contribution < -0.4 is 9.47 Å². The molecule has 0 fully saturated rings. The number of halogens is 1. The zero-order chi connectivity index (χ0) is 15.2. The molecule has 0 aliphatic heterocycles. The van der Waals surface area contributed by atoms with Crippen LogP contribution in [-0.4, -0.2) is 14.2 Å². The van der Waals surface area contributed by atoms with Crippen LogP contribution in [0.2, 0.25) is 0 Å². The van der Waals surface area contributed by atoms with E-state index in [9.17, 15) is 0 Å². The van der Waals surface area contributed by atoms with Gasteiger partial charge < -0.3 is 9.47 Å². The molecule has 112 valence electrons. The van der Waals surface area contributed by atoms with Crippen LogP contribution in [0.4, 0.5) is 0 Å². The molecule has 0 aromatic heterocycles. The number of alkyl halides is 1. The van der Waals surface area contributed by atoms with Crippen LogP contribution in [0.15, 0.2) is 42.5 Å². The maximum Gasteiger partial charge on any atom is 0.127 e. The average Bonchev–Trinajstić information content (AvgIpc) is 2.54. The monoisotopic (exact) mass is 304 g/mol. The summed E-state index contributed by atoms with van der Waals surface area (Å²) in [6.07, 6.45) is 2.23. The molecule has 0 amide bonds. The molecular weight excluding hydrogens is 284 g/mol. The van der Waals surface area contributed by atoms with Crippen molar-refractivity contribution in [3.63, 3.8) is 0 Å². The number of rotatable bonds is 6. The lowest BCUT2D eigenvalue weighted by Gasteiger charge is -2.18. The minimum absolute atomic E-state index is 0.299. The second-order valence-electron chi connectivity index (χ2n) is 4.93. The van der Waals surface area contributed by atoms with Crippen molar-refractivity contribution in [2.75, 3.05) is 14.2 Å². The van der Waals surface area contributed by atoms with Gasteiger partial charge in [-0.3, -0.25) is 0 Å². The van der Waals surface area contributed by atoms with Gasteiger partial charge in [0.05, 0.1) is 25.2 Å². The first-order valence-electron chi connectivity index (χ1n) is 7.15. The Balaban J connectivity index is 2.37. The molecule has 1 atom stereocenters. The van der Waals surface area contributed by atoms with Crippen LogP contribution in [-0.2, 0) is 6.42 Å². The first-order chi connectivity index (χ1) is 10.2. The van der Waals surface area contributed by atoms with Gasteiger partial charge in [-0.2, -0.15) is 0 Å². The highest BCUT2D eigenvalue weighted by Crippen LogP contribution is 2.41. The Morgan fingerprint density at radius 1 is 0.952 bits per heavy atom. The second kappa shape index (κ2) is 7.37. The minimum atomic E-state index is -0.299. The van der Waals surface area contributed by atoms with Crippen molar-refractivity contribution in [1.82, 2.24) is 0 Å². The summed E-state index contributed by atoms with van der Waals surface area (Å²) in [5.41, 5.74) is 3.24. The minimum Gasteiger partial charge on any atom is -0.496 e. The molecule has 0 spiro atoms. The fraction of sp³-hybridized carbons (Fsp3) is 0.333. The molecular formula is C18H21ClO2. The molecule has 0 saturated carbocycles. The fourth-order valence-corrected chi connectivity index (χ4v) is 2.80. The first-order valence-corrected chi connectivity index (χ1v) is 7.58. The summed E-state index contributed by atoms with van der Waals surface area (Å²) >= 11 is 6.67. The number of aryl methyl sites for hydroxylation is 1. The van der Waals surface area contributed by atoms with Gasteiger partial charge in [-0.25, -0.2) is 0 Å². The summed E-state index contributed by atoms with van der Waals surface area (Å²) in [6, 6.07) is 14.1. The molecule has 0 radical (unpaired) electrons.